The molecule has 1 aromatic rings. The summed E-state index contributed by atoms with van der Waals surface area (Å²) in [5.41, 5.74) is 4.22. The minimum atomic E-state index is -4.62. The smallest absolute Gasteiger partial charge is 0.417 e. The first-order chi connectivity index (χ1) is 10.1. The van der Waals surface area contributed by atoms with E-state index < -0.39 is 35.1 Å². The highest BCUT2D eigenvalue weighted by Gasteiger charge is 2.34. The molecule has 0 saturated carbocycles. The zero-order chi connectivity index (χ0) is 17.3. The predicted octanol–water partition coefficient (Wildman–Crippen LogP) is 1.16. The largest absolute Gasteiger partial charge is 0.478 e. The van der Waals surface area contributed by atoms with Crippen LogP contribution in [0, 0.1) is 0 Å². The molecule has 0 heterocycles. The predicted molar refractivity (Wildman–Crippen MR) is 66.8 cm³/mol. The van der Waals surface area contributed by atoms with Crippen molar-refractivity contribution < 1.29 is 37.9 Å². The van der Waals surface area contributed by atoms with Crippen LogP contribution in [0.2, 0.25) is 0 Å². The van der Waals surface area contributed by atoms with Crippen molar-refractivity contribution in [2.45, 2.75) is 19.0 Å². The first-order valence-electron chi connectivity index (χ1n) is 5.70. The Balaban J connectivity index is 0.000000433. The van der Waals surface area contributed by atoms with E-state index in [1.807, 2.05) is 0 Å². The van der Waals surface area contributed by atoms with Crippen molar-refractivity contribution in [1.82, 2.24) is 5.48 Å². The highest BCUT2D eigenvalue weighted by atomic mass is 19.4. The lowest BCUT2D eigenvalue weighted by molar-refractivity contribution is -0.138. The quantitative estimate of drug-likeness (QED) is 0.488. The molecule has 122 valence electrons. The molecule has 0 bridgehead atoms. The lowest BCUT2D eigenvalue weighted by atomic mass is 10.1. The summed E-state index contributed by atoms with van der Waals surface area (Å²) in [6.07, 6.45) is -4.72. The third-order valence-electron chi connectivity index (χ3n) is 2.19. The van der Waals surface area contributed by atoms with Crippen molar-refractivity contribution in [3.63, 3.8) is 0 Å². The summed E-state index contributed by atoms with van der Waals surface area (Å²) in [6.45, 7) is 0. The molecule has 0 radical (unpaired) electrons. The van der Waals surface area contributed by atoms with E-state index in [4.69, 9.17) is 16.0 Å². The van der Waals surface area contributed by atoms with E-state index in [9.17, 15) is 27.6 Å². The van der Waals surface area contributed by atoms with Crippen molar-refractivity contribution in [3.05, 3.63) is 35.4 Å². The van der Waals surface area contributed by atoms with Crippen molar-refractivity contribution >= 4 is 17.8 Å². The second-order valence-electron chi connectivity index (χ2n) is 3.85. The number of nitrogens with one attached hydrogen (secondary N) is 1. The van der Waals surface area contributed by atoms with Gasteiger partial charge in [0.1, 0.15) is 0 Å². The molecule has 0 aliphatic carbocycles. The highest BCUT2D eigenvalue weighted by molar-refractivity contribution is 5.89. The fraction of sp³-hybridized carbons (Fsp3) is 0.250. The van der Waals surface area contributed by atoms with E-state index in [1.54, 1.807) is 0 Å². The van der Waals surface area contributed by atoms with Crippen molar-refractivity contribution in [3.8, 4) is 0 Å². The summed E-state index contributed by atoms with van der Waals surface area (Å²) < 4.78 is 36.4. The zero-order valence-corrected chi connectivity index (χ0v) is 11.1. The summed E-state index contributed by atoms with van der Waals surface area (Å²) in [6, 6.07) is 4.06. The first kappa shape index (κ1) is 19.4. The van der Waals surface area contributed by atoms with Gasteiger partial charge in [-0.15, -0.1) is 0 Å². The Morgan fingerprint density at radius 1 is 1.14 bits per heavy atom. The highest BCUT2D eigenvalue weighted by Crippen LogP contribution is 2.31. The van der Waals surface area contributed by atoms with Crippen LogP contribution in [0.1, 0.15) is 28.8 Å². The number of primary amides is 1. The maximum absolute atomic E-state index is 12.1. The Morgan fingerprint density at radius 2 is 1.68 bits per heavy atom. The van der Waals surface area contributed by atoms with E-state index in [0.29, 0.717) is 0 Å². The normalized spacial score (nSPS) is 10.2. The van der Waals surface area contributed by atoms with Crippen molar-refractivity contribution in [2.75, 3.05) is 0 Å². The number of hydroxylamine groups is 1. The fourth-order valence-electron chi connectivity index (χ4n) is 1.21. The Bertz CT molecular complexity index is 546. The number of alkyl halides is 3. The topological polar surface area (TPSA) is 130 Å². The van der Waals surface area contributed by atoms with Crippen LogP contribution in [-0.4, -0.2) is 28.1 Å². The molecule has 10 heteroatoms. The summed E-state index contributed by atoms with van der Waals surface area (Å²) in [5, 5.41) is 16.3. The van der Waals surface area contributed by atoms with Gasteiger partial charge >= 0.3 is 12.1 Å². The van der Waals surface area contributed by atoms with Gasteiger partial charge in [-0.1, -0.05) is 12.1 Å². The number of carbonyl (C=O) groups is 3. The third kappa shape index (κ3) is 7.24. The molecular weight excluding hydrogens is 309 g/mol. The van der Waals surface area contributed by atoms with Gasteiger partial charge in [0.2, 0.25) is 11.8 Å². The first-order valence-corrected chi connectivity index (χ1v) is 5.70. The molecule has 2 amide bonds. The van der Waals surface area contributed by atoms with Gasteiger partial charge in [0, 0.05) is 12.8 Å². The van der Waals surface area contributed by atoms with E-state index in [0.717, 1.165) is 18.2 Å². The van der Waals surface area contributed by atoms with E-state index in [2.05, 4.69) is 0 Å². The Hall–Kier alpha value is -2.62. The van der Waals surface area contributed by atoms with E-state index >= 15 is 0 Å². The minimum absolute atomic E-state index is 0.0353. The molecule has 7 nitrogen and oxygen atoms in total. The minimum Gasteiger partial charge on any atom is -0.478 e. The number of halogens is 3. The number of amides is 2. The number of rotatable bonds is 4. The zero-order valence-electron chi connectivity index (χ0n) is 11.1. The maximum Gasteiger partial charge on any atom is 0.417 e. The molecule has 0 spiro atoms. The van der Waals surface area contributed by atoms with Crippen molar-refractivity contribution in [2.24, 2.45) is 5.73 Å². The van der Waals surface area contributed by atoms with Gasteiger partial charge in [0.15, 0.2) is 0 Å². The van der Waals surface area contributed by atoms with Crippen LogP contribution in [0.4, 0.5) is 13.2 Å². The maximum atomic E-state index is 12.1. The summed E-state index contributed by atoms with van der Waals surface area (Å²) >= 11 is 0. The number of hydrogen-bond donors (Lipinski definition) is 4. The second kappa shape index (κ2) is 8.62. The van der Waals surface area contributed by atoms with Gasteiger partial charge in [-0.25, -0.2) is 10.3 Å². The summed E-state index contributed by atoms with van der Waals surface area (Å²) in [7, 11) is 0. The number of carbonyl (C=O) groups excluding carboxylic acids is 2. The SMILES string of the molecule is NC(=O)CCC(=O)NO.O=C(O)c1ccccc1C(F)(F)F. The van der Waals surface area contributed by atoms with Gasteiger partial charge < -0.3 is 10.8 Å². The van der Waals surface area contributed by atoms with Crippen LogP contribution in [0.25, 0.3) is 0 Å². The number of carboxylic acids is 1. The molecule has 1 aromatic carbocycles. The Kier molecular flexibility index (Phi) is 7.59. The lowest BCUT2D eigenvalue weighted by Crippen LogP contribution is -2.21. The molecule has 22 heavy (non-hydrogen) atoms. The van der Waals surface area contributed by atoms with Gasteiger partial charge in [-0.2, -0.15) is 13.2 Å². The number of benzene rings is 1. The molecule has 0 aliphatic heterocycles. The Labute approximate surface area is 122 Å². The molecule has 0 saturated heterocycles. The van der Waals surface area contributed by atoms with E-state index in [-0.39, 0.29) is 12.8 Å². The molecule has 0 fully saturated rings. The van der Waals surface area contributed by atoms with Crippen LogP contribution in [0.3, 0.4) is 0 Å². The molecule has 0 aromatic heterocycles. The Morgan fingerprint density at radius 3 is 2.05 bits per heavy atom. The van der Waals surface area contributed by atoms with Gasteiger partial charge in [0.25, 0.3) is 0 Å². The number of aromatic carboxylic acids is 1. The van der Waals surface area contributed by atoms with Gasteiger partial charge in [-0.3, -0.25) is 14.8 Å². The van der Waals surface area contributed by atoms with Crippen LogP contribution in [0.5, 0.6) is 0 Å². The molecule has 0 unspecified atom stereocenters. The van der Waals surface area contributed by atoms with E-state index in [1.165, 1.54) is 11.5 Å². The second-order valence-corrected chi connectivity index (χ2v) is 3.85. The number of carboxylic acid groups (broad SMARTS) is 1. The molecule has 5 N–H and O–H groups in total. The average Bonchev–Trinajstić information content (AvgIpc) is 2.44. The molecule has 0 aliphatic rings. The number of hydrogen-bond acceptors (Lipinski definition) is 4. The number of nitrogens with two attached hydrogens (primary N) is 1. The fourth-order valence-corrected chi connectivity index (χ4v) is 1.21. The summed E-state index contributed by atoms with van der Waals surface area (Å²) in [4.78, 5) is 30.5. The monoisotopic (exact) mass is 322 g/mol. The molecule has 0 atom stereocenters. The standard InChI is InChI=1S/C8H5F3O2.C4H8N2O3/c9-8(10,11)6-4-2-1-3-5(6)7(12)13;5-3(7)1-2-4(8)6-9/h1-4H,(H,12,13);9H,1-2H2,(H2,5,7)(H,6,8). The van der Waals surface area contributed by atoms with Crippen molar-refractivity contribution in [1.29, 1.82) is 0 Å². The van der Waals surface area contributed by atoms with Gasteiger partial charge in [-0.05, 0) is 12.1 Å². The average molecular weight is 322 g/mol. The van der Waals surface area contributed by atoms with Crippen LogP contribution < -0.4 is 11.2 Å². The molecular formula is C12H13F3N2O5. The van der Waals surface area contributed by atoms with Crippen LogP contribution in [0.15, 0.2) is 24.3 Å². The van der Waals surface area contributed by atoms with Crippen LogP contribution in [-0.2, 0) is 15.8 Å². The van der Waals surface area contributed by atoms with Gasteiger partial charge in [0.05, 0.1) is 11.1 Å². The third-order valence-corrected chi connectivity index (χ3v) is 2.19. The lowest BCUT2D eigenvalue weighted by Gasteiger charge is -2.08. The van der Waals surface area contributed by atoms with Crippen LogP contribution >= 0.6 is 0 Å². The molecule has 1 rings (SSSR count). The summed E-state index contributed by atoms with van der Waals surface area (Å²) in [5.74, 6) is -2.74.